The maximum Gasteiger partial charge on any atom is 0.256 e. The van der Waals surface area contributed by atoms with Gasteiger partial charge in [-0.15, -0.1) is 0 Å². The third kappa shape index (κ3) is 4.64. The van der Waals surface area contributed by atoms with E-state index in [1.54, 1.807) is 18.2 Å². The largest absolute Gasteiger partial charge is 0.493 e. The number of methoxy groups -OCH3 is 2. The number of anilines is 1. The molecule has 0 spiro atoms. The van der Waals surface area contributed by atoms with Crippen LogP contribution in [0.4, 0.5) is 14.5 Å². The van der Waals surface area contributed by atoms with E-state index in [4.69, 9.17) is 9.47 Å². The quantitative estimate of drug-likeness (QED) is 0.829. The third-order valence-electron chi connectivity index (χ3n) is 4.97. The first kappa shape index (κ1) is 20.6. The highest BCUT2D eigenvalue weighted by molar-refractivity contribution is 5.95. The van der Waals surface area contributed by atoms with Crippen LogP contribution in [0.15, 0.2) is 36.4 Å². The minimum atomic E-state index is -0.886. The fourth-order valence-electron chi connectivity index (χ4n) is 3.34. The van der Waals surface area contributed by atoms with Gasteiger partial charge in [-0.1, -0.05) is 0 Å². The lowest BCUT2D eigenvalue weighted by atomic mass is 9.95. The summed E-state index contributed by atoms with van der Waals surface area (Å²) >= 11 is 0. The fourth-order valence-corrected chi connectivity index (χ4v) is 3.34. The number of carbonyl (C=O) groups excluding carboxylic acids is 2. The van der Waals surface area contributed by atoms with Crippen molar-refractivity contribution in [2.24, 2.45) is 5.92 Å². The van der Waals surface area contributed by atoms with Crippen molar-refractivity contribution in [3.63, 3.8) is 0 Å². The van der Waals surface area contributed by atoms with Crippen LogP contribution in [0.25, 0.3) is 0 Å². The Kier molecular flexibility index (Phi) is 6.31. The highest BCUT2D eigenvalue weighted by atomic mass is 19.1. The van der Waals surface area contributed by atoms with Gasteiger partial charge >= 0.3 is 0 Å². The molecule has 2 aromatic rings. The second kappa shape index (κ2) is 8.89. The van der Waals surface area contributed by atoms with Crippen molar-refractivity contribution in [1.82, 2.24) is 4.90 Å². The van der Waals surface area contributed by atoms with Gasteiger partial charge in [-0.25, -0.2) is 8.78 Å². The molecule has 1 fully saturated rings. The highest BCUT2D eigenvalue weighted by Crippen LogP contribution is 2.30. The molecule has 2 aromatic carbocycles. The van der Waals surface area contributed by atoms with Crippen LogP contribution in [0.1, 0.15) is 23.2 Å². The number of nitrogens with one attached hydrogen (secondary N) is 1. The summed E-state index contributed by atoms with van der Waals surface area (Å²) in [6.45, 7) is 0.638. The lowest BCUT2D eigenvalue weighted by Gasteiger charge is -2.31. The molecule has 1 aliphatic heterocycles. The van der Waals surface area contributed by atoms with Crippen molar-refractivity contribution < 1.29 is 27.8 Å². The van der Waals surface area contributed by atoms with E-state index in [1.165, 1.54) is 19.1 Å². The molecular weight excluding hydrogens is 382 g/mol. The number of hydrogen-bond acceptors (Lipinski definition) is 4. The predicted molar refractivity (Wildman–Crippen MR) is 103 cm³/mol. The molecule has 0 atom stereocenters. The van der Waals surface area contributed by atoms with Gasteiger partial charge in [0.25, 0.3) is 5.91 Å². The molecule has 0 bridgehead atoms. The van der Waals surface area contributed by atoms with Crippen LogP contribution < -0.4 is 14.8 Å². The number of ether oxygens (including phenoxy) is 2. The first-order valence-electron chi connectivity index (χ1n) is 9.20. The fraction of sp³-hybridized carbons (Fsp3) is 0.333. The Morgan fingerprint density at radius 1 is 1.00 bits per heavy atom. The summed E-state index contributed by atoms with van der Waals surface area (Å²) in [5.74, 6) is -1.48. The Hall–Kier alpha value is -3.16. The summed E-state index contributed by atoms with van der Waals surface area (Å²) in [5.41, 5.74) is 0.416. The Balaban J connectivity index is 1.59. The van der Waals surface area contributed by atoms with Crippen molar-refractivity contribution in [2.75, 3.05) is 32.6 Å². The second-order valence-corrected chi connectivity index (χ2v) is 6.75. The maximum absolute atomic E-state index is 13.8. The number of likely N-dealkylation sites (tertiary alicyclic amines) is 1. The minimum Gasteiger partial charge on any atom is -0.493 e. The van der Waals surface area contributed by atoms with Gasteiger partial charge in [-0.3, -0.25) is 9.59 Å². The molecule has 0 unspecified atom stereocenters. The van der Waals surface area contributed by atoms with Gasteiger partial charge in [0.1, 0.15) is 11.6 Å². The molecule has 3 rings (SSSR count). The standard InChI is InChI=1S/C21H22F2N2O4/c1-28-18-6-4-15(12-19(18)29-2)24-20(26)13-7-9-25(10-8-13)21(27)16-5-3-14(22)11-17(16)23/h3-6,11-13H,7-10H2,1-2H3,(H,24,26). The maximum atomic E-state index is 13.8. The molecule has 0 saturated carbocycles. The van der Waals surface area contributed by atoms with E-state index in [0.717, 1.165) is 12.1 Å². The van der Waals surface area contributed by atoms with Crippen LogP contribution in [0.5, 0.6) is 11.5 Å². The van der Waals surface area contributed by atoms with Crippen LogP contribution in [0, 0.1) is 17.6 Å². The van der Waals surface area contributed by atoms with E-state index in [2.05, 4.69) is 5.32 Å². The topological polar surface area (TPSA) is 67.9 Å². The van der Waals surface area contributed by atoms with E-state index in [-0.39, 0.29) is 17.4 Å². The number of halogens is 2. The van der Waals surface area contributed by atoms with Crippen LogP contribution >= 0.6 is 0 Å². The molecule has 0 radical (unpaired) electrons. The summed E-state index contributed by atoms with van der Waals surface area (Å²) in [4.78, 5) is 26.5. The Morgan fingerprint density at radius 3 is 2.31 bits per heavy atom. The third-order valence-corrected chi connectivity index (χ3v) is 4.97. The van der Waals surface area contributed by atoms with E-state index in [9.17, 15) is 18.4 Å². The van der Waals surface area contributed by atoms with Crippen LogP contribution in [-0.2, 0) is 4.79 Å². The molecule has 154 valence electrons. The monoisotopic (exact) mass is 404 g/mol. The van der Waals surface area contributed by atoms with Crippen molar-refractivity contribution in [3.05, 3.63) is 53.6 Å². The van der Waals surface area contributed by atoms with Gasteiger partial charge < -0.3 is 19.7 Å². The van der Waals surface area contributed by atoms with Crippen molar-refractivity contribution in [3.8, 4) is 11.5 Å². The van der Waals surface area contributed by atoms with Gasteiger partial charge in [0.2, 0.25) is 5.91 Å². The second-order valence-electron chi connectivity index (χ2n) is 6.75. The molecule has 6 nitrogen and oxygen atoms in total. The van der Waals surface area contributed by atoms with Crippen LogP contribution in [0.2, 0.25) is 0 Å². The Labute approximate surface area is 167 Å². The SMILES string of the molecule is COc1ccc(NC(=O)C2CCN(C(=O)c3ccc(F)cc3F)CC2)cc1OC. The Bertz CT molecular complexity index is 912. The molecule has 1 N–H and O–H groups in total. The molecule has 1 saturated heterocycles. The van der Waals surface area contributed by atoms with Gasteiger partial charge in [0.15, 0.2) is 11.5 Å². The zero-order valence-corrected chi connectivity index (χ0v) is 16.2. The summed E-state index contributed by atoms with van der Waals surface area (Å²) in [5, 5.41) is 2.85. The lowest BCUT2D eigenvalue weighted by molar-refractivity contribution is -0.121. The number of rotatable bonds is 5. The smallest absolute Gasteiger partial charge is 0.256 e. The number of nitrogens with zero attached hydrogens (tertiary/aromatic N) is 1. The minimum absolute atomic E-state index is 0.155. The summed E-state index contributed by atoms with van der Waals surface area (Å²) in [6.07, 6.45) is 0.904. The molecule has 2 amide bonds. The van der Waals surface area contributed by atoms with E-state index < -0.39 is 17.5 Å². The molecular formula is C21H22F2N2O4. The molecule has 8 heteroatoms. The van der Waals surface area contributed by atoms with Crippen molar-refractivity contribution >= 4 is 17.5 Å². The number of carbonyl (C=O) groups is 2. The number of piperidine rings is 1. The lowest BCUT2D eigenvalue weighted by Crippen LogP contribution is -2.41. The van der Waals surface area contributed by atoms with Gasteiger partial charge in [-0.05, 0) is 37.1 Å². The highest BCUT2D eigenvalue weighted by Gasteiger charge is 2.29. The predicted octanol–water partition coefficient (Wildman–Crippen LogP) is 3.47. The molecule has 0 aromatic heterocycles. The Morgan fingerprint density at radius 2 is 1.69 bits per heavy atom. The summed E-state index contributed by atoms with van der Waals surface area (Å²) in [7, 11) is 3.04. The van der Waals surface area contributed by atoms with E-state index >= 15 is 0 Å². The normalized spacial score (nSPS) is 14.4. The van der Waals surface area contributed by atoms with Crippen LogP contribution in [-0.4, -0.2) is 44.0 Å². The van der Waals surface area contributed by atoms with Gasteiger partial charge in [-0.2, -0.15) is 0 Å². The average molecular weight is 404 g/mol. The first-order valence-corrected chi connectivity index (χ1v) is 9.20. The first-order chi connectivity index (χ1) is 13.9. The summed E-state index contributed by atoms with van der Waals surface area (Å²) < 4.78 is 37.3. The number of amides is 2. The molecule has 29 heavy (non-hydrogen) atoms. The number of benzene rings is 2. The zero-order valence-electron chi connectivity index (χ0n) is 16.2. The van der Waals surface area contributed by atoms with Crippen molar-refractivity contribution in [2.45, 2.75) is 12.8 Å². The van der Waals surface area contributed by atoms with Crippen LogP contribution in [0.3, 0.4) is 0 Å². The van der Waals surface area contributed by atoms with Crippen molar-refractivity contribution in [1.29, 1.82) is 0 Å². The molecule has 1 aliphatic rings. The molecule has 0 aliphatic carbocycles. The average Bonchev–Trinajstić information content (AvgIpc) is 2.73. The van der Waals surface area contributed by atoms with Gasteiger partial charge in [0, 0.05) is 36.8 Å². The van der Waals surface area contributed by atoms with E-state index in [1.807, 2.05) is 0 Å². The van der Waals surface area contributed by atoms with Gasteiger partial charge in [0.05, 0.1) is 19.8 Å². The van der Waals surface area contributed by atoms with E-state index in [0.29, 0.717) is 49.2 Å². The summed E-state index contributed by atoms with van der Waals surface area (Å²) in [6, 6.07) is 7.98. The molecule has 1 heterocycles. The number of hydrogen-bond donors (Lipinski definition) is 1. The zero-order chi connectivity index (χ0) is 21.0.